The molecule has 1 N–H and O–H groups in total. The molecule has 0 saturated heterocycles. The SMILES string of the molecule is COc1ccccc1OCC(=O)NCCN(C(C)=O)c1ccc(C)cc1C. The van der Waals surface area contributed by atoms with Gasteiger partial charge < -0.3 is 19.7 Å². The molecular formula is C21H26N2O4. The summed E-state index contributed by atoms with van der Waals surface area (Å²) >= 11 is 0. The van der Waals surface area contributed by atoms with Gasteiger partial charge >= 0.3 is 0 Å². The normalized spacial score (nSPS) is 10.2. The lowest BCUT2D eigenvalue weighted by Gasteiger charge is -2.23. The second-order valence-electron chi connectivity index (χ2n) is 6.25. The molecule has 0 radical (unpaired) electrons. The number of aryl methyl sites for hydroxylation is 2. The molecule has 0 bridgehead atoms. The maximum atomic E-state index is 12.0. The van der Waals surface area contributed by atoms with Gasteiger partial charge in [-0.15, -0.1) is 0 Å². The van der Waals surface area contributed by atoms with E-state index in [1.807, 2.05) is 44.2 Å². The van der Waals surface area contributed by atoms with E-state index in [1.165, 1.54) is 6.92 Å². The van der Waals surface area contributed by atoms with Gasteiger partial charge in [0, 0.05) is 25.7 Å². The standard InChI is InChI=1S/C21H26N2O4/c1-15-9-10-18(16(2)13-15)23(17(3)24)12-11-22-21(25)14-27-20-8-6-5-7-19(20)26-4/h5-10,13H,11-12,14H2,1-4H3,(H,22,25). The summed E-state index contributed by atoms with van der Waals surface area (Å²) in [5.74, 6) is 0.755. The summed E-state index contributed by atoms with van der Waals surface area (Å²) in [5, 5.41) is 2.78. The molecule has 144 valence electrons. The number of benzene rings is 2. The second kappa shape index (κ2) is 9.62. The number of nitrogens with zero attached hydrogens (tertiary/aromatic N) is 1. The zero-order valence-electron chi connectivity index (χ0n) is 16.2. The highest BCUT2D eigenvalue weighted by Crippen LogP contribution is 2.25. The van der Waals surface area contributed by atoms with Gasteiger partial charge in [0.1, 0.15) is 0 Å². The zero-order valence-corrected chi connectivity index (χ0v) is 16.2. The van der Waals surface area contributed by atoms with E-state index in [0.29, 0.717) is 24.6 Å². The molecule has 6 heteroatoms. The Kier molecular flexibility index (Phi) is 7.23. The van der Waals surface area contributed by atoms with Crippen LogP contribution < -0.4 is 19.7 Å². The van der Waals surface area contributed by atoms with E-state index < -0.39 is 0 Å². The molecule has 2 aromatic rings. The van der Waals surface area contributed by atoms with Gasteiger partial charge in [-0.2, -0.15) is 0 Å². The molecule has 2 amide bonds. The molecule has 2 aromatic carbocycles. The Labute approximate surface area is 160 Å². The molecule has 0 saturated carbocycles. The largest absolute Gasteiger partial charge is 0.493 e. The minimum atomic E-state index is -0.259. The van der Waals surface area contributed by atoms with Gasteiger partial charge in [0.15, 0.2) is 18.1 Å². The van der Waals surface area contributed by atoms with Crippen molar-refractivity contribution in [2.75, 3.05) is 31.7 Å². The van der Waals surface area contributed by atoms with Gasteiger partial charge in [0.25, 0.3) is 5.91 Å². The molecular weight excluding hydrogens is 344 g/mol. The average molecular weight is 370 g/mol. The summed E-state index contributed by atoms with van der Waals surface area (Å²) in [7, 11) is 1.55. The Bertz CT molecular complexity index is 805. The molecule has 6 nitrogen and oxygen atoms in total. The number of nitrogens with one attached hydrogen (secondary N) is 1. The Hall–Kier alpha value is -3.02. The van der Waals surface area contributed by atoms with Crippen LogP contribution in [0.15, 0.2) is 42.5 Å². The maximum Gasteiger partial charge on any atom is 0.258 e. The molecule has 2 rings (SSSR count). The van der Waals surface area contributed by atoms with E-state index >= 15 is 0 Å². The number of carbonyl (C=O) groups excluding carboxylic acids is 2. The van der Waals surface area contributed by atoms with Gasteiger partial charge in [-0.25, -0.2) is 0 Å². The van der Waals surface area contributed by atoms with Crippen LogP contribution in [0.25, 0.3) is 0 Å². The first-order valence-corrected chi connectivity index (χ1v) is 8.80. The molecule has 0 spiro atoms. The van der Waals surface area contributed by atoms with E-state index in [0.717, 1.165) is 16.8 Å². The summed E-state index contributed by atoms with van der Waals surface area (Å²) in [5.41, 5.74) is 3.02. The summed E-state index contributed by atoms with van der Waals surface area (Å²) in [6, 6.07) is 13.1. The summed E-state index contributed by atoms with van der Waals surface area (Å²) in [6.07, 6.45) is 0. The highest BCUT2D eigenvalue weighted by Gasteiger charge is 2.14. The van der Waals surface area contributed by atoms with Crippen LogP contribution in [0.4, 0.5) is 5.69 Å². The van der Waals surface area contributed by atoms with Crippen LogP contribution in [0.2, 0.25) is 0 Å². The monoisotopic (exact) mass is 370 g/mol. The Morgan fingerprint density at radius 2 is 1.78 bits per heavy atom. The Morgan fingerprint density at radius 1 is 1.07 bits per heavy atom. The van der Waals surface area contributed by atoms with E-state index in [2.05, 4.69) is 5.32 Å². The van der Waals surface area contributed by atoms with Crippen LogP contribution in [0.3, 0.4) is 0 Å². The molecule has 0 fully saturated rings. The molecule has 0 heterocycles. The van der Waals surface area contributed by atoms with E-state index in [-0.39, 0.29) is 18.4 Å². The third-order valence-corrected chi connectivity index (χ3v) is 4.11. The number of para-hydroxylation sites is 2. The quantitative estimate of drug-likeness (QED) is 0.776. The smallest absolute Gasteiger partial charge is 0.258 e. The maximum absolute atomic E-state index is 12.0. The van der Waals surface area contributed by atoms with Crippen molar-refractivity contribution in [2.45, 2.75) is 20.8 Å². The minimum Gasteiger partial charge on any atom is -0.493 e. The first-order chi connectivity index (χ1) is 12.9. The molecule has 0 aliphatic carbocycles. The number of amides is 2. The van der Waals surface area contributed by atoms with Gasteiger partial charge in [-0.05, 0) is 37.6 Å². The van der Waals surface area contributed by atoms with E-state index in [4.69, 9.17) is 9.47 Å². The molecule has 0 atom stereocenters. The van der Waals surface area contributed by atoms with Crippen LogP contribution in [0, 0.1) is 13.8 Å². The topological polar surface area (TPSA) is 67.9 Å². The van der Waals surface area contributed by atoms with Crippen molar-refractivity contribution in [3.63, 3.8) is 0 Å². The number of methoxy groups -OCH3 is 1. The van der Waals surface area contributed by atoms with Crippen molar-refractivity contribution < 1.29 is 19.1 Å². The van der Waals surface area contributed by atoms with E-state index in [9.17, 15) is 9.59 Å². The number of anilines is 1. The van der Waals surface area contributed by atoms with Crippen LogP contribution in [0.5, 0.6) is 11.5 Å². The summed E-state index contributed by atoms with van der Waals surface area (Å²) < 4.78 is 10.7. The van der Waals surface area contributed by atoms with Crippen LogP contribution in [-0.2, 0) is 9.59 Å². The zero-order chi connectivity index (χ0) is 19.8. The van der Waals surface area contributed by atoms with Gasteiger partial charge in [0.05, 0.1) is 7.11 Å². The van der Waals surface area contributed by atoms with Crippen LogP contribution in [-0.4, -0.2) is 38.6 Å². The fraction of sp³-hybridized carbons (Fsp3) is 0.333. The lowest BCUT2D eigenvalue weighted by molar-refractivity contribution is -0.123. The number of ether oxygens (including phenoxy) is 2. The third-order valence-electron chi connectivity index (χ3n) is 4.11. The van der Waals surface area contributed by atoms with Gasteiger partial charge in [-0.3, -0.25) is 9.59 Å². The van der Waals surface area contributed by atoms with Crippen molar-refractivity contribution >= 4 is 17.5 Å². The number of hydrogen-bond acceptors (Lipinski definition) is 4. The Balaban J connectivity index is 1.87. The van der Waals surface area contributed by atoms with Crippen LogP contribution in [0.1, 0.15) is 18.1 Å². The highest BCUT2D eigenvalue weighted by atomic mass is 16.5. The lowest BCUT2D eigenvalue weighted by Crippen LogP contribution is -2.39. The molecule has 0 aliphatic heterocycles. The predicted molar refractivity (Wildman–Crippen MR) is 105 cm³/mol. The third kappa shape index (κ3) is 5.74. The number of rotatable bonds is 8. The van der Waals surface area contributed by atoms with Gasteiger partial charge in [-0.1, -0.05) is 29.8 Å². The first kappa shape index (κ1) is 20.3. The predicted octanol–water partition coefficient (Wildman–Crippen LogP) is 2.86. The van der Waals surface area contributed by atoms with Crippen molar-refractivity contribution in [3.8, 4) is 11.5 Å². The molecule has 0 aromatic heterocycles. The number of carbonyl (C=O) groups is 2. The van der Waals surface area contributed by atoms with Crippen molar-refractivity contribution in [2.24, 2.45) is 0 Å². The van der Waals surface area contributed by atoms with Crippen molar-refractivity contribution in [3.05, 3.63) is 53.6 Å². The van der Waals surface area contributed by atoms with E-state index in [1.54, 1.807) is 24.1 Å². The van der Waals surface area contributed by atoms with Gasteiger partial charge in [0.2, 0.25) is 5.91 Å². The highest BCUT2D eigenvalue weighted by molar-refractivity contribution is 5.92. The number of hydrogen-bond donors (Lipinski definition) is 1. The van der Waals surface area contributed by atoms with Crippen LogP contribution >= 0.6 is 0 Å². The summed E-state index contributed by atoms with van der Waals surface area (Å²) in [4.78, 5) is 25.7. The van der Waals surface area contributed by atoms with Crippen molar-refractivity contribution in [1.82, 2.24) is 5.32 Å². The fourth-order valence-corrected chi connectivity index (χ4v) is 2.80. The molecule has 0 unspecified atom stereocenters. The molecule has 27 heavy (non-hydrogen) atoms. The van der Waals surface area contributed by atoms with Crippen molar-refractivity contribution in [1.29, 1.82) is 0 Å². The first-order valence-electron chi connectivity index (χ1n) is 8.80. The second-order valence-corrected chi connectivity index (χ2v) is 6.25. The Morgan fingerprint density at radius 3 is 2.41 bits per heavy atom. The lowest BCUT2D eigenvalue weighted by atomic mass is 10.1. The minimum absolute atomic E-state index is 0.0681. The fourth-order valence-electron chi connectivity index (χ4n) is 2.80. The molecule has 0 aliphatic rings. The average Bonchev–Trinajstić information content (AvgIpc) is 2.64. The summed E-state index contributed by atoms with van der Waals surface area (Å²) in [6.45, 7) is 6.10.